The monoisotopic (exact) mass is 639 g/mol. The van der Waals surface area contributed by atoms with Crippen molar-refractivity contribution in [3.8, 4) is 34.1 Å². The van der Waals surface area contributed by atoms with Gasteiger partial charge in [0.05, 0.1) is 17.2 Å². The lowest BCUT2D eigenvalue weighted by Crippen LogP contribution is -2.25. The highest BCUT2D eigenvalue weighted by Gasteiger charge is 2.41. The van der Waals surface area contributed by atoms with Crippen molar-refractivity contribution < 1.29 is 35.5 Å². The molecule has 0 N–H and O–H groups in total. The number of halogens is 7. The minimum absolute atomic E-state index is 0.0475. The number of ether oxygens (including phenoxy) is 1. The lowest BCUT2D eigenvalue weighted by molar-refractivity contribution is -0.189. The van der Waals surface area contributed by atoms with Crippen molar-refractivity contribution in [2.75, 3.05) is 0 Å². The van der Waals surface area contributed by atoms with E-state index < -0.39 is 57.6 Å². The van der Waals surface area contributed by atoms with E-state index >= 15 is 13.2 Å². The van der Waals surface area contributed by atoms with Gasteiger partial charge in [-0.3, -0.25) is 0 Å². The molecule has 4 aromatic rings. The lowest BCUT2D eigenvalue weighted by Gasteiger charge is -2.29. The Morgan fingerprint density at radius 2 is 1.35 bits per heavy atom. The Bertz CT molecular complexity index is 1690. The van der Waals surface area contributed by atoms with Gasteiger partial charge in [-0.2, -0.15) is 14.0 Å². The summed E-state index contributed by atoms with van der Waals surface area (Å²) < 4.78 is 110. The third-order valence-electron chi connectivity index (χ3n) is 8.73. The molecule has 2 nitrogen and oxygen atoms in total. The molecular formula is C37H32F7NO. The third kappa shape index (κ3) is 7.22. The molecule has 0 unspecified atom stereocenters. The van der Waals surface area contributed by atoms with E-state index in [-0.39, 0.29) is 22.6 Å². The van der Waals surface area contributed by atoms with Crippen LogP contribution in [-0.4, -0.2) is 0 Å². The summed E-state index contributed by atoms with van der Waals surface area (Å²) in [6.07, 6.45) is 4.42. The van der Waals surface area contributed by atoms with Crippen molar-refractivity contribution in [1.29, 1.82) is 5.26 Å². The number of hydrogen-bond acceptors (Lipinski definition) is 2. The minimum atomic E-state index is -4.50. The zero-order valence-electron chi connectivity index (χ0n) is 25.2. The zero-order chi connectivity index (χ0) is 33.0. The Hall–Kier alpha value is -4.32. The van der Waals surface area contributed by atoms with Crippen LogP contribution < -0.4 is 4.74 Å². The molecule has 0 aromatic heterocycles. The molecule has 0 heterocycles. The van der Waals surface area contributed by atoms with Crippen molar-refractivity contribution in [2.45, 2.75) is 70.3 Å². The fourth-order valence-corrected chi connectivity index (χ4v) is 6.28. The summed E-state index contributed by atoms with van der Waals surface area (Å²) in [6, 6.07) is 13.3. The van der Waals surface area contributed by atoms with Crippen LogP contribution in [0, 0.1) is 46.3 Å². The van der Waals surface area contributed by atoms with Crippen molar-refractivity contribution in [1.82, 2.24) is 0 Å². The summed E-state index contributed by atoms with van der Waals surface area (Å²) in [4.78, 5) is 0. The average molecular weight is 640 g/mol. The molecule has 4 aromatic carbocycles. The van der Waals surface area contributed by atoms with Gasteiger partial charge in [0, 0.05) is 5.56 Å². The second kappa shape index (κ2) is 14.0. The van der Waals surface area contributed by atoms with E-state index in [1.165, 1.54) is 49.9 Å². The average Bonchev–Trinajstić information content (AvgIpc) is 3.01. The Kier molecular flexibility index (Phi) is 10.0. The topological polar surface area (TPSA) is 33.0 Å². The molecule has 0 radical (unpaired) electrons. The highest BCUT2D eigenvalue weighted by molar-refractivity contribution is 5.72. The molecular weight excluding hydrogens is 607 g/mol. The van der Waals surface area contributed by atoms with Gasteiger partial charge in [0.2, 0.25) is 0 Å². The molecule has 0 amide bonds. The van der Waals surface area contributed by atoms with E-state index in [9.17, 15) is 17.6 Å². The highest BCUT2D eigenvalue weighted by atomic mass is 19.3. The van der Waals surface area contributed by atoms with Crippen LogP contribution in [-0.2, 0) is 6.11 Å². The van der Waals surface area contributed by atoms with Gasteiger partial charge in [0.1, 0.15) is 40.4 Å². The van der Waals surface area contributed by atoms with Crippen LogP contribution >= 0.6 is 0 Å². The molecule has 0 atom stereocenters. The number of nitriles is 1. The largest absolute Gasteiger partial charge is 0.432 e. The fraction of sp³-hybridized carbons (Fsp3) is 0.324. The number of hydrogen-bond donors (Lipinski definition) is 0. The number of unbranched alkanes of at least 4 members (excludes halogenated alkanes) is 2. The Balaban J connectivity index is 1.35. The van der Waals surface area contributed by atoms with Gasteiger partial charge in [-0.1, -0.05) is 44.7 Å². The number of benzene rings is 4. The van der Waals surface area contributed by atoms with E-state index in [2.05, 4.69) is 11.7 Å². The second-order valence-electron chi connectivity index (χ2n) is 11.8. The molecule has 46 heavy (non-hydrogen) atoms. The maximum atomic E-state index is 15.3. The van der Waals surface area contributed by atoms with Gasteiger partial charge in [-0.25, -0.2) is 22.0 Å². The van der Waals surface area contributed by atoms with Crippen LogP contribution in [0.3, 0.4) is 0 Å². The van der Waals surface area contributed by atoms with Gasteiger partial charge < -0.3 is 4.74 Å². The first kappa shape index (κ1) is 33.1. The summed E-state index contributed by atoms with van der Waals surface area (Å²) >= 11 is 0. The molecule has 0 bridgehead atoms. The Labute approximate surface area is 263 Å². The van der Waals surface area contributed by atoms with Crippen molar-refractivity contribution in [2.24, 2.45) is 5.92 Å². The van der Waals surface area contributed by atoms with Crippen molar-refractivity contribution >= 4 is 0 Å². The Morgan fingerprint density at radius 3 is 1.91 bits per heavy atom. The van der Waals surface area contributed by atoms with Gasteiger partial charge in [-0.15, -0.1) is 0 Å². The quantitative estimate of drug-likeness (QED) is 0.128. The zero-order valence-corrected chi connectivity index (χ0v) is 25.2. The Morgan fingerprint density at radius 1 is 0.739 bits per heavy atom. The molecule has 0 saturated heterocycles. The molecule has 1 aliphatic rings. The third-order valence-corrected chi connectivity index (χ3v) is 8.73. The number of rotatable bonds is 10. The summed E-state index contributed by atoms with van der Waals surface area (Å²) in [5.41, 5.74) is -2.48. The normalized spacial score (nSPS) is 16.7. The molecule has 9 heteroatoms. The second-order valence-corrected chi connectivity index (χ2v) is 11.8. The predicted molar refractivity (Wildman–Crippen MR) is 162 cm³/mol. The van der Waals surface area contributed by atoms with Crippen LogP contribution in [0.5, 0.6) is 5.75 Å². The molecule has 240 valence electrons. The summed E-state index contributed by atoms with van der Waals surface area (Å²) in [5.74, 6) is -6.34. The van der Waals surface area contributed by atoms with Crippen molar-refractivity contribution in [3.63, 3.8) is 0 Å². The van der Waals surface area contributed by atoms with E-state index in [0.717, 1.165) is 55.5 Å². The molecule has 0 spiro atoms. The van der Waals surface area contributed by atoms with E-state index in [4.69, 9.17) is 5.26 Å². The van der Waals surface area contributed by atoms with Crippen LogP contribution in [0.4, 0.5) is 30.7 Å². The van der Waals surface area contributed by atoms with E-state index in [1.54, 1.807) is 12.1 Å². The maximum absolute atomic E-state index is 15.3. The van der Waals surface area contributed by atoms with E-state index in [1.807, 2.05) is 0 Å². The minimum Gasteiger partial charge on any atom is -0.429 e. The van der Waals surface area contributed by atoms with Gasteiger partial charge in [0.15, 0.2) is 0 Å². The number of nitrogens with zero attached hydrogens (tertiary/aromatic N) is 1. The van der Waals surface area contributed by atoms with Gasteiger partial charge in [0.25, 0.3) is 0 Å². The molecule has 1 saturated carbocycles. The molecule has 5 rings (SSSR count). The van der Waals surface area contributed by atoms with Crippen molar-refractivity contribution in [3.05, 3.63) is 113 Å². The molecule has 1 fully saturated rings. The lowest BCUT2D eigenvalue weighted by atomic mass is 9.77. The summed E-state index contributed by atoms with van der Waals surface area (Å²) in [5, 5.41) is 8.83. The van der Waals surface area contributed by atoms with Gasteiger partial charge in [-0.05, 0) is 109 Å². The first-order valence-electron chi connectivity index (χ1n) is 15.4. The highest BCUT2D eigenvalue weighted by Crippen LogP contribution is 2.41. The predicted octanol–water partition coefficient (Wildman–Crippen LogP) is 11.6. The standard InChI is InChI=1S/C37H32F7NO/c1-2-3-4-5-22-6-10-24(11-7-22)25-12-15-29(30(38)16-25)26-17-31(39)35(32(40)18-26)27-19-33(41)36(34(42)20-27)37(43,44)46-28-13-8-23(21-45)9-14-28/h8-9,12-20,22,24H,2-7,10-11H2,1H3. The molecule has 1 aliphatic carbocycles. The van der Waals surface area contributed by atoms with Crippen LogP contribution in [0.2, 0.25) is 0 Å². The molecule has 0 aliphatic heterocycles. The first-order chi connectivity index (χ1) is 22.0. The SMILES string of the molecule is CCCCCC1CCC(c2ccc(-c3cc(F)c(-c4cc(F)c(C(F)(F)Oc5ccc(C#N)cc5)c(F)c4)c(F)c3)c(F)c2)CC1. The maximum Gasteiger partial charge on any atom is 0.432 e. The van der Waals surface area contributed by atoms with E-state index in [0.29, 0.717) is 18.1 Å². The fourth-order valence-electron chi connectivity index (χ4n) is 6.28. The van der Waals surface area contributed by atoms with Crippen LogP contribution in [0.25, 0.3) is 22.3 Å². The van der Waals surface area contributed by atoms with Crippen LogP contribution in [0.1, 0.15) is 80.9 Å². The summed E-state index contributed by atoms with van der Waals surface area (Å²) in [7, 11) is 0. The van der Waals surface area contributed by atoms with Crippen LogP contribution in [0.15, 0.2) is 66.7 Å². The number of alkyl halides is 2. The smallest absolute Gasteiger partial charge is 0.429 e. The van der Waals surface area contributed by atoms with Gasteiger partial charge >= 0.3 is 6.11 Å². The summed E-state index contributed by atoms with van der Waals surface area (Å²) in [6.45, 7) is 2.18. The first-order valence-corrected chi connectivity index (χ1v) is 15.4.